The lowest BCUT2D eigenvalue weighted by Crippen LogP contribution is -2.23. The van der Waals surface area contributed by atoms with Gasteiger partial charge in [-0.25, -0.2) is 18.0 Å². The lowest BCUT2D eigenvalue weighted by Gasteiger charge is -2.18. The number of amides is 1. The van der Waals surface area contributed by atoms with E-state index in [9.17, 15) is 22.8 Å². The van der Waals surface area contributed by atoms with Gasteiger partial charge < -0.3 is 10.4 Å². The molecule has 0 radical (unpaired) electrons. The molecule has 0 saturated heterocycles. The van der Waals surface area contributed by atoms with Crippen LogP contribution in [0, 0.1) is 17.7 Å². The normalized spacial score (nSPS) is 17.8. The van der Waals surface area contributed by atoms with Gasteiger partial charge in [-0.05, 0) is 61.1 Å². The van der Waals surface area contributed by atoms with Crippen molar-refractivity contribution in [2.75, 3.05) is 5.32 Å². The van der Waals surface area contributed by atoms with Crippen molar-refractivity contribution < 1.29 is 27.9 Å². The number of hydrogen-bond acceptors (Lipinski definition) is 3. The minimum Gasteiger partial charge on any atom is -0.478 e. The maximum Gasteiger partial charge on any atom is 0.335 e. The third-order valence-corrected chi connectivity index (χ3v) is 6.62. The number of alkyl halides is 2. The third-order valence-electron chi connectivity index (χ3n) is 6.32. The number of benzene rings is 2. The molecule has 3 atom stereocenters. The Kier molecular flexibility index (Phi) is 7.12. The fourth-order valence-corrected chi connectivity index (χ4v) is 4.28. The van der Waals surface area contributed by atoms with E-state index >= 15 is 0 Å². The van der Waals surface area contributed by atoms with Gasteiger partial charge in [0.05, 0.1) is 22.2 Å². The van der Waals surface area contributed by atoms with Crippen molar-refractivity contribution in [3.8, 4) is 11.1 Å². The highest BCUT2D eigenvalue weighted by Crippen LogP contribution is 2.45. The van der Waals surface area contributed by atoms with Crippen LogP contribution in [0.2, 0.25) is 5.02 Å². The summed E-state index contributed by atoms with van der Waals surface area (Å²) in [6.07, 6.45) is -0.103. The van der Waals surface area contributed by atoms with Crippen molar-refractivity contribution in [3.63, 3.8) is 0 Å². The molecule has 2 aromatic carbocycles. The summed E-state index contributed by atoms with van der Waals surface area (Å²) in [5, 5.41) is 11.6. The highest BCUT2D eigenvalue weighted by molar-refractivity contribution is 6.31. The van der Waals surface area contributed by atoms with E-state index in [1.165, 1.54) is 42.6 Å². The van der Waals surface area contributed by atoms with Crippen LogP contribution < -0.4 is 5.32 Å². The maximum absolute atomic E-state index is 14.6. The van der Waals surface area contributed by atoms with Crippen LogP contribution in [0.1, 0.15) is 53.7 Å². The highest BCUT2D eigenvalue weighted by atomic mass is 35.5. The number of aromatic carboxylic acids is 1. The smallest absolute Gasteiger partial charge is 0.335 e. The molecule has 4 rings (SSSR count). The van der Waals surface area contributed by atoms with E-state index in [0.29, 0.717) is 29.6 Å². The number of carboxylic acid groups (broad SMARTS) is 1. The van der Waals surface area contributed by atoms with Gasteiger partial charge >= 0.3 is 5.97 Å². The van der Waals surface area contributed by atoms with E-state index in [1.807, 2.05) is 0 Å². The summed E-state index contributed by atoms with van der Waals surface area (Å²) in [6.45, 7) is 2.09. The van der Waals surface area contributed by atoms with Gasteiger partial charge in [-0.15, -0.1) is 0 Å². The summed E-state index contributed by atoms with van der Waals surface area (Å²) in [5.74, 6) is -2.15. The number of carbonyl (C=O) groups excluding carboxylic acids is 1. The summed E-state index contributed by atoms with van der Waals surface area (Å²) in [6, 6.07) is 11.0. The molecular weight excluding hydrogens is 481 g/mol. The minimum absolute atomic E-state index is 0.0972. The molecule has 3 unspecified atom stereocenters. The Bertz CT molecular complexity index is 1250. The van der Waals surface area contributed by atoms with Gasteiger partial charge in [0.15, 0.2) is 0 Å². The van der Waals surface area contributed by atoms with E-state index in [2.05, 4.69) is 17.2 Å². The number of rotatable bonds is 8. The van der Waals surface area contributed by atoms with Gasteiger partial charge in [0, 0.05) is 28.6 Å². The van der Waals surface area contributed by atoms with Crippen LogP contribution in [-0.2, 0) is 4.79 Å². The lowest BCUT2D eigenvalue weighted by atomic mass is 9.94. The predicted octanol–water partition coefficient (Wildman–Crippen LogP) is 6.95. The molecule has 0 bridgehead atoms. The van der Waals surface area contributed by atoms with E-state index in [4.69, 9.17) is 16.7 Å². The van der Waals surface area contributed by atoms with E-state index in [1.54, 1.807) is 0 Å². The molecule has 5 nitrogen and oxygen atoms in total. The topological polar surface area (TPSA) is 79.3 Å². The monoisotopic (exact) mass is 502 g/mol. The van der Waals surface area contributed by atoms with Crippen LogP contribution in [0.15, 0.2) is 54.7 Å². The number of aromatic nitrogens is 1. The average Bonchev–Trinajstić information content (AvgIpc) is 3.54. The fourth-order valence-electron chi connectivity index (χ4n) is 4.12. The van der Waals surface area contributed by atoms with Gasteiger partial charge in [-0.3, -0.25) is 9.78 Å². The molecule has 3 aromatic rings. The molecular formula is C26H22ClF3N2O3. The molecule has 1 aliphatic rings. The number of nitrogens with zero attached hydrogens (tertiary/aromatic N) is 1. The second kappa shape index (κ2) is 10.1. The second-order valence-corrected chi connectivity index (χ2v) is 9.14. The van der Waals surface area contributed by atoms with Gasteiger partial charge in [-0.1, -0.05) is 30.7 Å². The summed E-state index contributed by atoms with van der Waals surface area (Å²) in [7, 11) is 0. The van der Waals surface area contributed by atoms with E-state index in [-0.39, 0.29) is 27.6 Å². The van der Waals surface area contributed by atoms with Gasteiger partial charge in [0.2, 0.25) is 5.91 Å². The van der Waals surface area contributed by atoms with Crippen molar-refractivity contribution in [1.29, 1.82) is 0 Å². The Hall–Kier alpha value is -3.39. The number of nitrogens with one attached hydrogen (secondary N) is 1. The van der Waals surface area contributed by atoms with Gasteiger partial charge in [0.25, 0.3) is 6.43 Å². The van der Waals surface area contributed by atoms with Crippen molar-refractivity contribution in [2.45, 2.75) is 32.1 Å². The molecule has 1 fully saturated rings. The van der Waals surface area contributed by atoms with Gasteiger partial charge in [-0.2, -0.15) is 0 Å². The Morgan fingerprint density at radius 3 is 2.37 bits per heavy atom. The zero-order valence-electron chi connectivity index (χ0n) is 18.6. The number of pyridine rings is 1. The summed E-state index contributed by atoms with van der Waals surface area (Å²) in [5.41, 5.74) is 0.281. The molecule has 9 heteroatoms. The molecule has 35 heavy (non-hydrogen) atoms. The zero-order chi connectivity index (χ0) is 25.3. The number of anilines is 1. The minimum atomic E-state index is -2.90. The van der Waals surface area contributed by atoms with Crippen molar-refractivity contribution in [2.24, 2.45) is 11.8 Å². The predicted molar refractivity (Wildman–Crippen MR) is 126 cm³/mol. The van der Waals surface area contributed by atoms with Crippen LogP contribution in [0.5, 0.6) is 0 Å². The second-order valence-electron chi connectivity index (χ2n) is 8.73. The molecule has 1 amide bonds. The van der Waals surface area contributed by atoms with Crippen molar-refractivity contribution >= 4 is 29.2 Å². The third kappa shape index (κ3) is 5.48. The molecule has 0 spiro atoms. The first kappa shape index (κ1) is 24.7. The number of carbonyl (C=O) groups is 2. The molecule has 1 aromatic heterocycles. The molecule has 2 N–H and O–H groups in total. The number of halogens is 4. The van der Waals surface area contributed by atoms with Crippen LogP contribution in [0.4, 0.5) is 18.9 Å². The first-order valence-corrected chi connectivity index (χ1v) is 11.4. The Labute approximate surface area is 205 Å². The maximum atomic E-state index is 14.6. The molecule has 1 heterocycles. The van der Waals surface area contributed by atoms with Crippen LogP contribution in [0.3, 0.4) is 0 Å². The summed E-state index contributed by atoms with van der Waals surface area (Å²) < 4.78 is 41.6. The number of hydrogen-bond donors (Lipinski definition) is 2. The first-order chi connectivity index (χ1) is 16.7. The lowest BCUT2D eigenvalue weighted by molar-refractivity contribution is -0.117. The average molecular weight is 503 g/mol. The van der Waals surface area contributed by atoms with Crippen LogP contribution in [0.25, 0.3) is 11.1 Å². The Morgan fingerprint density at radius 2 is 1.83 bits per heavy atom. The molecule has 1 saturated carbocycles. The molecule has 182 valence electrons. The standard InChI is InChI=1S/C26H22ClF3N2O3/c1-13-10-16(13)11-19(25(33)32-17-5-2-14(3-6-17)26(34)35)21-9-4-15(12-31-21)22-18(24(29)30)7-8-20(27)23(22)28/h2-9,12-13,16,19,24H,10-11H2,1H3,(H,32,33)(H,34,35). The molecule has 0 aliphatic heterocycles. The Morgan fingerprint density at radius 1 is 1.14 bits per heavy atom. The summed E-state index contributed by atoms with van der Waals surface area (Å²) in [4.78, 5) is 28.5. The van der Waals surface area contributed by atoms with Crippen LogP contribution in [-0.4, -0.2) is 22.0 Å². The summed E-state index contributed by atoms with van der Waals surface area (Å²) >= 11 is 5.82. The highest BCUT2D eigenvalue weighted by Gasteiger charge is 2.37. The SMILES string of the molecule is CC1CC1CC(C(=O)Nc1ccc(C(=O)O)cc1)c1ccc(-c2c(C(F)F)ccc(Cl)c2F)cn1. The van der Waals surface area contributed by atoms with E-state index in [0.717, 1.165) is 18.6 Å². The number of carboxylic acids is 1. The van der Waals surface area contributed by atoms with Gasteiger partial charge in [0.1, 0.15) is 5.82 Å². The van der Waals surface area contributed by atoms with Crippen LogP contribution >= 0.6 is 11.6 Å². The largest absolute Gasteiger partial charge is 0.478 e. The van der Waals surface area contributed by atoms with E-state index < -0.39 is 29.7 Å². The zero-order valence-corrected chi connectivity index (χ0v) is 19.4. The van der Waals surface area contributed by atoms with Crippen molar-refractivity contribution in [1.82, 2.24) is 4.98 Å². The molecule has 1 aliphatic carbocycles. The van der Waals surface area contributed by atoms with Crippen molar-refractivity contribution in [3.05, 3.63) is 82.4 Å². The quantitative estimate of drug-likeness (QED) is 0.349. The fraction of sp³-hybridized carbons (Fsp3) is 0.269. The first-order valence-electron chi connectivity index (χ1n) is 11.0. The Balaban J connectivity index is 1.61.